The second-order valence-corrected chi connectivity index (χ2v) is 11.4. The fraction of sp³-hybridized carbons (Fsp3) is 0.111. The molecule has 1 N–H and O–H groups in total. The lowest BCUT2D eigenvalue weighted by atomic mass is 9.87. The Balaban J connectivity index is 1.48. The number of fused-ring (bicyclic) bond motifs is 2. The summed E-state index contributed by atoms with van der Waals surface area (Å²) < 4.78 is 2.20. The highest BCUT2D eigenvalue weighted by atomic mass is 16.3. The lowest BCUT2D eigenvalue weighted by Crippen LogP contribution is -2.11. The third-order valence-corrected chi connectivity index (χ3v) is 7.70. The molecule has 0 unspecified atom stereocenters. The molecule has 0 radical (unpaired) electrons. The zero-order valence-electron chi connectivity index (χ0n) is 23.7. The Labute approximate surface area is 244 Å². The monoisotopic (exact) mass is 547 g/mol. The molecule has 0 aliphatic carbocycles. The Morgan fingerprint density at radius 3 is 2.21 bits per heavy atom. The van der Waals surface area contributed by atoms with Crippen molar-refractivity contribution in [2.24, 2.45) is 0 Å². The zero-order valence-corrected chi connectivity index (χ0v) is 23.7. The van der Waals surface area contributed by atoms with Crippen molar-refractivity contribution in [3.63, 3.8) is 0 Å². The van der Waals surface area contributed by atoms with Gasteiger partial charge >= 0.3 is 0 Å². The van der Waals surface area contributed by atoms with Crippen LogP contribution in [0.2, 0.25) is 0 Å². The van der Waals surface area contributed by atoms with E-state index in [2.05, 4.69) is 101 Å². The minimum atomic E-state index is 0.0407. The maximum Gasteiger partial charge on any atom is 0.145 e. The number of hydrogen-bond acceptors (Lipinski definition) is 5. The van der Waals surface area contributed by atoms with Gasteiger partial charge in [0, 0.05) is 52.7 Å². The highest BCUT2D eigenvalue weighted by Gasteiger charge is 2.20. The molecule has 4 aromatic carbocycles. The van der Waals surface area contributed by atoms with Gasteiger partial charge in [0.25, 0.3) is 0 Å². The van der Waals surface area contributed by atoms with Crippen LogP contribution in [-0.2, 0) is 5.41 Å². The average Bonchev–Trinajstić information content (AvgIpc) is 3.41. The van der Waals surface area contributed by atoms with Gasteiger partial charge in [-0.1, -0.05) is 75.4 Å². The zero-order chi connectivity index (χ0) is 28.8. The smallest absolute Gasteiger partial charge is 0.145 e. The number of para-hydroxylation sites is 2. The minimum absolute atomic E-state index is 0.0407. The van der Waals surface area contributed by atoms with E-state index in [0.29, 0.717) is 5.56 Å². The number of rotatable bonds is 4. The third kappa shape index (κ3) is 4.38. The van der Waals surface area contributed by atoms with Gasteiger partial charge < -0.3 is 5.11 Å². The summed E-state index contributed by atoms with van der Waals surface area (Å²) in [6.07, 6.45) is 6.71. The molecule has 0 aliphatic rings. The van der Waals surface area contributed by atoms with E-state index in [4.69, 9.17) is 4.98 Å². The Morgan fingerprint density at radius 1 is 0.667 bits per heavy atom. The lowest BCUT2D eigenvalue weighted by Gasteiger charge is -2.19. The first-order chi connectivity index (χ1) is 20.4. The Kier molecular flexibility index (Phi) is 6.05. The first-order valence-electron chi connectivity index (χ1n) is 13.9. The largest absolute Gasteiger partial charge is 0.507 e. The SMILES string of the molecule is CC(C)(C)c1ccc(-n2c(-c3cccc(-c4cccc5nccnc45)c3)nc3c(-c4cnccc4O)cccc32)cc1. The van der Waals surface area contributed by atoms with Crippen LogP contribution in [0.5, 0.6) is 5.75 Å². The van der Waals surface area contributed by atoms with Gasteiger partial charge in [-0.3, -0.25) is 19.5 Å². The number of benzene rings is 4. The normalized spacial score (nSPS) is 11.8. The molecule has 0 amide bonds. The quantitative estimate of drug-likeness (QED) is 0.240. The molecular formula is C36H29N5O. The summed E-state index contributed by atoms with van der Waals surface area (Å²) in [6.45, 7) is 6.65. The van der Waals surface area contributed by atoms with Gasteiger partial charge in [0.05, 0.1) is 22.1 Å². The second kappa shape index (κ2) is 9.93. The van der Waals surface area contributed by atoms with E-state index >= 15 is 0 Å². The Bertz CT molecular complexity index is 2080. The minimum Gasteiger partial charge on any atom is -0.507 e. The molecule has 0 atom stereocenters. The fourth-order valence-electron chi connectivity index (χ4n) is 5.53. The molecule has 3 heterocycles. The number of pyridine rings is 1. The van der Waals surface area contributed by atoms with Crippen LogP contribution in [-0.4, -0.2) is 29.6 Å². The molecular weight excluding hydrogens is 518 g/mol. The first kappa shape index (κ1) is 25.6. The van der Waals surface area contributed by atoms with Gasteiger partial charge in [0.1, 0.15) is 11.6 Å². The van der Waals surface area contributed by atoms with Gasteiger partial charge in [-0.25, -0.2) is 4.98 Å². The molecule has 6 nitrogen and oxygen atoms in total. The molecule has 0 bridgehead atoms. The summed E-state index contributed by atoms with van der Waals surface area (Å²) in [7, 11) is 0. The van der Waals surface area contributed by atoms with Gasteiger partial charge in [-0.05, 0) is 52.9 Å². The molecule has 0 saturated heterocycles. The summed E-state index contributed by atoms with van der Waals surface area (Å²) in [5, 5.41) is 10.7. The van der Waals surface area contributed by atoms with Gasteiger partial charge in [0.2, 0.25) is 0 Å². The first-order valence-corrected chi connectivity index (χ1v) is 13.9. The van der Waals surface area contributed by atoms with Crippen LogP contribution >= 0.6 is 0 Å². The van der Waals surface area contributed by atoms with Crippen molar-refractivity contribution in [3.8, 4) is 45.1 Å². The van der Waals surface area contributed by atoms with E-state index in [1.165, 1.54) is 5.56 Å². The highest BCUT2D eigenvalue weighted by Crippen LogP contribution is 2.38. The number of aromatic hydroxyl groups is 1. The van der Waals surface area contributed by atoms with E-state index in [1.54, 1.807) is 30.9 Å². The number of hydrogen-bond donors (Lipinski definition) is 1. The van der Waals surface area contributed by atoms with Crippen molar-refractivity contribution < 1.29 is 5.11 Å². The molecule has 0 spiro atoms. The van der Waals surface area contributed by atoms with Crippen LogP contribution in [0.1, 0.15) is 26.3 Å². The van der Waals surface area contributed by atoms with Crippen LogP contribution < -0.4 is 0 Å². The molecule has 0 aliphatic heterocycles. The highest BCUT2D eigenvalue weighted by molar-refractivity contribution is 5.97. The molecule has 3 aromatic heterocycles. The van der Waals surface area contributed by atoms with Crippen molar-refractivity contribution in [1.82, 2.24) is 24.5 Å². The molecule has 7 aromatic rings. The van der Waals surface area contributed by atoms with Gasteiger partial charge in [-0.2, -0.15) is 0 Å². The van der Waals surface area contributed by atoms with E-state index in [1.807, 2.05) is 24.3 Å². The molecule has 204 valence electrons. The predicted molar refractivity (Wildman–Crippen MR) is 169 cm³/mol. The van der Waals surface area contributed by atoms with Crippen LogP contribution in [0.4, 0.5) is 0 Å². The fourth-order valence-corrected chi connectivity index (χ4v) is 5.53. The summed E-state index contributed by atoms with van der Waals surface area (Å²) in [5.74, 6) is 0.972. The van der Waals surface area contributed by atoms with Crippen LogP contribution in [0, 0.1) is 0 Å². The van der Waals surface area contributed by atoms with Crippen LogP contribution in [0.15, 0.2) is 116 Å². The Hall–Kier alpha value is -5.36. The number of aromatic nitrogens is 5. The number of nitrogens with zero attached hydrogens (tertiary/aromatic N) is 5. The maximum atomic E-state index is 10.7. The molecule has 6 heteroatoms. The topological polar surface area (TPSA) is 76.7 Å². The van der Waals surface area contributed by atoms with Crippen LogP contribution in [0.3, 0.4) is 0 Å². The van der Waals surface area contributed by atoms with E-state index in [-0.39, 0.29) is 11.2 Å². The van der Waals surface area contributed by atoms with Crippen LogP contribution in [0.25, 0.3) is 61.4 Å². The summed E-state index contributed by atoms with van der Waals surface area (Å²) in [4.78, 5) is 18.6. The van der Waals surface area contributed by atoms with E-state index < -0.39 is 0 Å². The molecule has 0 saturated carbocycles. The van der Waals surface area contributed by atoms with Gasteiger partial charge in [0.15, 0.2) is 0 Å². The van der Waals surface area contributed by atoms with Crippen molar-refractivity contribution in [2.75, 3.05) is 0 Å². The summed E-state index contributed by atoms with van der Waals surface area (Å²) >= 11 is 0. The van der Waals surface area contributed by atoms with Crippen molar-refractivity contribution in [1.29, 1.82) is 0 Å². The van der Waals surface area contributed by atoms with Crippen molar-refractivity contribution in [2.45, 2.75) is 26.2 Å². The molecule has 7 rings (SSSR count). The molecule has 42 heavy (non-hydrogen) atoms. The van der Waals surface area contributed by atoms with E-state index in [9.17, 15) is 5.11 Å². The third-order valence-electron chi connectivity index (χ3n) is 7.70. The Morgan fingerprint density at radius 2 is 1.40 bits per heavy atom. The number of imidazole rings is 1. The predicted octanol–water partition coefficient (Wildman–Crippen LogP) is 8.37. The maximum absolute atomic E-state index is 10.7. The standard InChI is InChI=1S/C36H29N5O/c1-36(2,3)25-13-15-26(16-14-25)41-31-12-6-10-28(29-22-37-18-17-32(29)42)34(31)40-35(41)24-8-4-7-23(21-24)27-9-5-11-30-33(27)39-20-19-38-30/h4-22H,1-3H3,(H,37,42). The lowest BCUT2D eigenvalue weighted by molar-refractivity contribution is 0.476. The summed E-state index contributed by atoms with van der Waals surface area (Å²) in [6, 6.07) is 30.8. The average molecular weight is 548 g/mol. The van der Waals surface area contributed by atoms with Crippen molar-refractivity contribution in [3.05, 3.63) is 121 Å². The summed E-state index contributed by atoms with van der Waals surface area (Å²) in [5.41, 5.74) is 10.2. The second-order valence-electron chi connectivity index (χ2n) is 11.4. The van der Waals surface area contributed by atoms with Gasteiger partial charge in [-0.15, -0.1) is 0 Å². The van der Waals surface area contributed by atoms with E-state index in [0.717, 1.165) is 55.8 Å². The van der Waals surface area contributed by atoms with Crippen molar-refractivity contribution >= 4 is 22.1 Å². The molecule has 0 fully saturated rings.